The lowest BCUT2D eigenvalue weighted by atomic mass is 9.75. The lowest BCUT2D eigenvalue weighted by Gasteiger charge is -2.34. The molecule has 4 N–H and O–H groups in total. The van der Waals surface area contributed by atoms with Crippen molar-refractivity contribution in [2.24, 2.45) is 21.7 Å². The highest BCUT2D eigenvalue weighted by molar-refractivity contribution is 5.85. The topological polar surface area (TPSA) is 70.6 Å². The zero-order valence-electron chi connectivity index (χ0n) is 12.1. The summed E-state index contributed by atoms with van der Waals surface area (Å²) in [7, 11) is 0. The van der Waals surface area contributed by atoms with Gasteiger partial charge < -0.3 is 16.3 Å². The Kier molecular flexibility index (Phi) is 5.45. The zero-order valence-corrected chi connectivity index (χ0v) is 12.1. The lowest BCUT2D eigenvalue weighted by Crippen LogP contribution is -2.38. The van der Waals surface area contributed by atoms with Gasteiger partial charge in [0.05, 0.1) is 0 Å². The molecule has 0 heterocycles. The molecule has 4 nitrogen and oxygen atoms in total. The summed E-state index contributed by atoms with van der Waals surface area (Å²) in [4.78, 5) is 0. The van der Waals surface area contributed by atoms with E-state index in [1.54, 1.807) is 0 Å². The first-order chi connectivity index (χ1) is 8.40. The summed E-state index contributed by atoms with van der Waals surface area (Å²) in [5.74, 6) is 0.313. The Labute approximate surface area is 111 Å². The van der Waals surface area contributed by atoms with Gasteiger partial charge in [0, 0.05) is 12.0 Å². The Balaban J connectivity index is 2.26. The summed E-state index contributed by atoms with van der Waals surface area (Å²) in [6.07, 6.45) is 7.69. The molecule has 0 atom stereocenters. The van der Waals surface area contributed by atoms with Crippen LogP contribution in [0.4, 0.5) is 0 Å². The van der Waals surface area contributed by atoms with Crippen molar-refractivity contribution in [1.29, 1.82) is 0 Å². The van der Waals surface area contributed by atoms with Crippen LogP contribution in [0.2, 0.25) is 0 Å². The lowest BCUT2D eigenvalue weighted by molar-refractivity contribution is 0.206. The Morgan fingerprint density at radius 1 is 1.33 bits per heavy atom. The van der Waals surface area contributed by atoms with Gasteiger partial charge in [0.2, 0.25) is 0 Å². The van der Waals surface area contributed by atoms with Gasteiger partial charge in [-0.15, -0.1) is 0 Å². The first-order valence-electron chi connectivity index (χ1n) is 7.08. The van der Waals surface area contributed by atoms with E-state index in [1.165, 1.54) is 32.1 Å². The molecule has 106 valence electrons. The van der Waals surface area contributed by atoms with Crippen molar-refractivity contribution in [3.05, 3.63) is 0 Å². The normalized spacial score (nSPS) is 20.9. The van der Waals surface area contributed by atoms with Crippen LogP contribution in [0, 0.1) is 10.8 Å². The van der Waals surface area contributed by atoms with E-state index in [2.05, 4.69) is 17.4 Å². The van der Waals surface area contributed by atoms with E-state index < -0.39 is 0 Å². The molecule has 0 saturated heterocycles. The van der Waals surface area contributed by atoms with Crippen molar-refractivity contribution in [3.63, 3.8) is 0 Å². The SMILES string of the molecule is CC1(CNCCC(C)(C)C(N)=NO)CCCCC1. The standard InChI is InChI=1S/C14H29N3O/c1-13(2,12(15)17-18)9-10-16-11-14(3)7-5-4-6-8-14/h16,18H,4-11H2,1-3H3,(H2,15,17). The molecule has 1 aliphatic carbocycles. The molecular formula is C14H29N3O. The van der Waals surface area contributed by atoms with Crippen molar-refractivity contribution < 1.29 is 5.21 Å². The maximum atomic E-state index is 8.71. The predicted octanol–water partition coefficient (Wildman–Crippen LogP) is 2.71. The molecule has 1 aliphatic rings. The average molecular weight is 255 g/mol. The van der Waals surface area contributed by atoms with E-state index in [9.17, 15) is 0 Å². The highest BCUT2D eigenvalue weighted by Crippen LogP contribution is 2.34. The molecule has 1 fully saturated rings. The van der Waals surface area contributed by atoms with Crippen LogP contribution in [0.25, 0.3) is 0 Å². The third kappa shape index (κ3) is 4.48. The number of nitrogens with one attached hydrogen (secondary N) is 1. The summed E-state index contributed by atoms with van der Waals surface area (Å²) in [6.45, 7) is 8.39. The number of hydrogen-bond donors (Lipinski definition) is 3. The fraction of sp³-hybridized carbons (Fsp3) is 0.929. The Morgan fingerprint density at radius 3 is 2.50 bits per heavy atom. The van der Waals surface area contributed by atoms with E-state index in [4.69, 9.17) is 10.9 Å². The zero-order chi connectivity index (χ0) is 13.6. The van der Waals surface area contributed by atoms with Crippen molar-refractivity contribution in [2.45, 2.75) is 59.3 Å². The van der Waals surface area contributed by atoms with Gasteiger partial charge >= 0.3 is 0 Å². The molecule has 0 radical (unpaired) electrons. The fourth-order valence-electron chi connectivity index (χ4n) is 2.64. The van der Waals surface area contributed by atoms with Gasteiger partial charge in [0.1, 0.15) is 5.84 Å². The minimum absolute atomic E-state index is 0.241. The summed E-state index contributed by atoms with van der Waals surface area (Å²) in [6, 6.07) is 0. The first kappa shape index (κ1) is 15.3. The molecular weight excluding hydrogens is 226 g/mol. The van der Waals surface area contributed by atoms with Crippen LogP contribution >= 0.6 is 0 Å². The number of oxime groups is 1. The van der Waals surface area contributed by atoms with Crippen molar-refractivity contribution in [2.75, 3.05) is 13.1 Å². The average Bonchev–Trinajstić information content (AvgIpc) is 2.34. The number of nitrogens with zero attached hydrogens (tertiary/aromatic N) is 1. The smallest absolute Gasteiger partial charge is 0.144 e. The second-order valence-electron chi connectivity index (χ2n) is 6.67. The van der Waals surface area contributed by atoms with Gasteiger partial charge in [-0.25, -0.2) is 0 Å². The first-order valence-corrected chi connectivity index (χ1v) is 7.08. The van der Waals surface area contributed by atoms with E-state index in [1.807, 2.05) is 13.8 Å². The monoisotopic (exact) mass is 255 g/mol. The van der Waals surface area contributed by atoms with Crippen LogP contribution in [0.5, 0.6) is 0 Å². The second-order valence-corrected chi connectivity index (χ2v) is 6.67. The largest absolute Gasteiger partial charge is 0.409 e. The Bertz CT molecular complexity index is 281. The molecule has 0 amide bonds. The number of hydrogen-bond acceptors (Lipinski definition) is 3. The van der Waals surface area contributed by atoms with Crippen LogP contribution < -0.4 is 11.1 Å². The highest BCUT2D eigenvalue weighted by Gasteiger charge is 2.27. The van der Waals surface area contributed by atoms with Crippen LogP contribution in [-0.2, 0) is 0 Å². The fourth-order valence-corrected chi connectivity index (χ4v) is 2.64. The highest BCUT2D eigenvalue weighted by atomic mass is 16.4. The van der Waals surface area contributed by atoms with Crippen molar-refractivity contribution in [3.8, 4) is 0 Å². The molecule has 0 aliphatic heterocycles. The van der Waals surface area contributed by atoms with E-state index in [0.29, 0.717) is 11.3 Å². The molecule has 1 rings (SSSR count). The minimum Gasteiger partial charge on any atom is -0.409 e. The summed E-state index contributed by atoms with van der Waals surface area (Å²) < 4.78 is 0. The van der Waals surface area contributed by atoms with Gasteiger partial charge in [-0.05, 0) is 31.2 Å². The number of amidine groups is 1. The molecule has 18 heavy (non-hydrogen) atoms. The van der Waals surface area contributed by atoms with Gasteiger partial charge in [0.15, 0.2) is 0 Å². The van der Waals surface area contributed by atoms with Crippen LogP contribution in [0.1, 0.15) is 59.3 Å². The van der Waals surface area contributed by atoms with Gasteiger partial charge in [-0.3, -0.25) is 0 Å². The number of rotatable bonds is 6. The van der Waals surface area contributed by atoms with Crippen LogP contribution in [0.15, 0.2) is 5.16 Å². The third-order valence-corrected chi connectivity index (χ3v) is 4.34. The van der Waals surface area contributed by atoms with Crippen molar-refractivity contribution in [1.82, 2.24) is 5.32 Å². The maximum Gasteiger partial charge on any atom is 0.144 e. The molecule has 0 aromatic rings. The molecule has 0 unspecified atom stereocenters. The Hall–Kier alpha value is -0.770. The quantitative estimate of drug-likeness (QED) is 0.225. The summed E-state index contributed by atoms with van der Waals surface area (Å²) >= 11 is 0. The minimum atomic E-state index is -0.241. The van der Waals surface area contributed by atoms with Gasteiger partial charge in [-0.2, -0.15) is 0 Å². The van der Waals surface area contributed by atoms with E-state index in [-0.39, 0.29) is 5.41 Å². The predicted molar refractivity (Wildman–Crippen MR) is 75.9 cm³/mol. The van der Waals surface area contributed by atoms with Gasteiger partial charge in [-0.1, -0.05) is 45.2 Å². The molecule has 1 saturated carbocycles. The maximum absolute atomic E-state index is 8.71. The van der Waals surface area contributed by atoms with Crippen LogP contribution in [0.3, 0.4) is 0 Å². The molecule has 0 aromatic carbocycles. The third-order valence-electron chi connectivity index (χ3n) is 4.34. The second kappa shape index (κ2) is 6.41. The summed E-state index contributed by atoms with van der Waals surface area (Å²) in [5.41, 5.74) is 5.90. The molecule has 0 spiro atoms. The molecule has 4 heteroatoms. The molecule has 0 aromatic heterocycles. The van der Waals surface area contributed by atoms with Crippen LogP contribution in [-0.4, -0.2) is 24.1 Å². The van der Waals surface area contributed by atoms with Gasteiger partial charge in [0.25, 0.3) is 0 Å². The Morgan fingerprint density at radius 2 is 1.94 bits per heavy atom. The number of nitrogens with two attached hydrogens (primary N) is 1. The van der Waals surface area contributed by atoms with E-state index >= 15 is 0 Å². The molecule has 0 bridgehead atoms. The van der Waals surface area contributed by atoms with Crippen molar-refractivity contribution >= 4 is 5.84 Å². The summed E-state index contributed by atoms with van der Waals surface area (Å²) in [5, 5.41) is 15.4. The van der Waals surface area contributed by atoms with E-state index in [0.717, 1.165) is 19.5 Å².